The summed E-state index contributed by atoms with van der Waals surface area (Å²) >= 11 is 1.05. The van der Waals surface area contributed by atoms with Gasteiger partial charge >= 0.3 is 5.97 Å². The molecule has 0 aliphatic carbocycles. The van der Waals surface area contributed by atoms with Crippen molar-refractivity contribution >= 4 is 33.5 Å². The summed E-state index contributed by atoms with van der Waals surface area (Å²) in [5.41, 5.74) is 0. The van der Waals surface area contributed by atoms with Gasteiger partial charge in [0.2, 0.25) is 5.91 Å². The quantitative estimate of drug-likeness (QED) is 0.704. The number of hydrogen-bond donors (Lipinski definition) is 1. The fourth-order valence-electron chi connectivity index (χ4n) is 2.17. The van der Waals surface area contributed by atoms with Crippen LogP contribution >= 0.6 is 11.8 Å². The van der Waals surface area contributed by atoms with Crippen LogP contribution in [0.2, 0.25) is 0 Å². The van der Waals surface area contributed by atoms with Crippen molar-refractivity contribution in [1.29, 1.82) is 0 Å². The fraction of sp³-hybridized carbons (Fsp3) is 0.833. The number of hydrogen-bond acceptors (Lipinski definition) is 5. The lowest BCUT2D eigenvalue weighted by Gasteiger charge is -2.28. The largest absolute Gasteiger partial charge is 0.481 e. The van der Waals surface area contributed by atoms with Gasteiger partial charge in [-0.1, -0.05) is 13.3 Å². The van der Waals surface area contributed by atoms with Gasteiger partial charge in [-0.15, -0.1) is 11.8 Å². The first kappa shape index (κ1) is 17.3. The van der Waals surface area contributed by atoms with Crippen LogP contribution < -0.4 is 0 Å². The number of rotatable bonds is 8. The van der Waals surface area contributed by atoms with E-state index in [9.17, 15) is 18.0 Å². The van der Waals surface area contributed by atoms with Crippen molar-refractivity contribution in [1.82, 2.24) is 4.90 Å². The maximum atomic E-state index is 12.1. The average molecular weight is 323 g/mol. The number of carbonyl (C=O) groups is 2. The Labute approximate surface area is 123 Å². The molecule has 1 unspecified atom stereocenters. The van der Waals surface area contributed by atoms with Crippen LogP contribution in [0.1, 0.15) is 26.2 Å². The molecule has 0 saturated carbocycles. The summed E-state index contributed by atoms with van der Waals surface area (Å²) in [6.07, 6.45) is 2.23. The third kappa shape index (κ3) is 5.70. The van der Waals surface area contributed by atoms with Gasteiger partial charge in [0.25, 0.3) is 0 Å². The van der Waals surface area contributed by atoms with Crippen molar-refractivity contribution in [2.75, 3.05) is 29.6 Å². The molecule has 1 atom stereocenters. The Hall–Kier alpha value is -0.760. The first-order valence-electron chi connectivity index (χ1n) is 6.65. The zero-order valence-electron chi connectivity index (χ0n) is 11.6. The molecule has 0 bridgehead atoms. The van der Waals surface area contributed by atoms with Crippen LogP contribution in [-0.2, 0) is 19.4 Å². The second-order valence-electron chi connectivity index (χ2n) is 4.88. The molecule has 0 aromatic rings. The molecule has 8 heteroatoms. The molecule has 1 fully saturated rings. The summed E-state index contributed by atoms with van der Waals surface area (Å²) in [5, 5.41) is 8.56. The van der Waals surface area contributed by atoms with Gasteiger partial charge < -0.3 is 10.0 Å². The van der Waals surface area contributed by atoms with E-state index in [1.807, 2.05) is 6.92 Å². The maximum absolute atomic E-state index is 12.1. The molecule has 6 nitrogen and oxygen atoms in total. The molecule has 1 aliphatic heterocycles. The number of unbranched alkanes of at least 4 members (excludes halogenated alkanes) is 1. The highest BCUT2D eigenvalue weighted by atomic mass is 32.2. The monoisotopic (exact) mass is 323 g/mol. The second-order valence-corrected chi connectivity index (χ2v) is 8.10. The highest BCUT2D eigenvalue weighted by molar-refractivity contribution is 8.00. The van der Waals surface area contributed by atoms with E-state index < -0.39 is 15.8 Å². The molecule has 1 saturated heterocycles. The smallest absolute Gasteiger partial charge is 0.313 e. The molecule has 1 amide bonds. The summed E-state index contributed by atoms with van der Waals surface area (Å²) in [5.74, 6) is -0.969. The molecule has 1 N–H and O–H groups in total. The van der Waals surface area contributed by atoms with Crippen LogP contribution in [0, 0.1) is 0 Å². The van der Waals surface area contributed by atoms with E-state index in [-0.39, 0.29) is 35.0 Å². The number of sulfone groups is 1. The number of carboxylic acids is 1. The number of thioether (sulfide) groups is 1. The third-order valence-corrected chi connectivity index (χ3v) is 5.83. The minimum atomic E-state index is -3.03. The Balaban J connectivity index is 2.59. The van der Waals surface area contributed by atoms with Crippen LogP contribution in [0.4, 0.5) is 0 Å². The second kappa shape index (κ2) is 7.87. The molecule has 1 aliphatic rings. The van der Waals surface area contributed by atoms with E-state index >= 15 is 0 Å². The molecule has 20 heavy (non-hydrogen) atoms. The van der Waals surface area contributed by atoms with Gasteiger partial charge in [-0.25, -0.2) is 8.42 Å². The SMILES string of the molecule is CCCCN(C(=O)CSCC(=O)O)C1CCS(=O)(=O)C1. The average Bonchev–Trinajstić information content (AvgIpc) is 2.69. The van der Waals surface area contributed by atoms with E-state index in [4.69, 9.17) is 5.11 Å². The summed E-state index contributed by atoms with van der Waals surface area (Å²) in [6.45, 7) is 2.55. The topological polar surface area (TPSA) is 91.8 Å². The zero-order chi connectivity index (χ0) is 15.2. The van der Waals surface area contributed by atoms with Crippen LogP contribution in [-0.4, -0.2) is 65.9 Å². The van der Waals surface area contributed by atoms with Gasteiger partial charge in [-0.2, -0.15) is 0 Å². The van der Waals surface area contributed by atoms with Gasteiger partial charge in [0, 0.05) is 12.6 Å². The number of carbonyl (C=O) groups excluding carboxylic acids is 1. The lowest BCUT2D eigenvalue weighted by Crippen LogP contribution is -2.42. The Kier molecular flexibility index (Phi) is 6.81. The molecule has 0 spiro atoms. The Morgan fingerprint density at radius 2 is 2.05 bits per heavy atom. The highest BCUT2D eigenvalue weighted by Gasteiger charge is 2.34. The first-order chi connectivity index (χ1) is 9.35. The van der Waals surface area contributed by atoms with E-state index in [0.717, 1.165) is 24.6 Å². The van der Waals surface area contributed by atoms with E-state index in [2.05, 4.69) is 0 Å². The summed E-state index contributed by atoms with van der Waals surface area (Å²) < 4.78 is 23.0. The van der Waals surface area contributed by atoms with E-state index in [1.54, 1.807) is 4.90 Å². The molecule has 0 aromatic heterocycles. The summed E-state index contributed by atoms with van der Waals surface area (Å²) in [7, 11) is -3.03. The lowest BCUT2D eigenvalue weighted by molar-refractivity contribution is -0.133. The number of carboxylic acid groups (broad SMARTS) is 1. The van der Waals surface area contributed by atoms with Gasteiger partial charge in [-0.05, 0) is 12.8 Å². The number of aliphatic carboxylic acids is 1. The van der Waals surface area contributed by atoms with Crippen LogP contribution in [0.3, 0.4) is 0 Å². The van der Waals surface area contributed by atoms with Crippen molar-refractivity contribution in [2.45, 2.75) is 32.2 Å². The van der Waals surface area contributed by atoms with Crippen molar-refractivity contribution in [3.63, 3.8) is 0 Å². The van der Waals surface area contributed by atoms with Crippen LogP contribution in [0.5, 0.6) is 0 Å². The molecule has 1 rings (SSSR count). The molecule has 0 radical (unpaired) electrons. The predicted octanol–water partition coefficient (Wildman–Crippen LogP) is 0.620. The fourth-order valence-corrected chi connectivity index (χ4v) is 4.52. The predicted molar refractivity (Wildman–Crippen MR) is 78.6 cm³/mol. The number of nitrogens with zero attached hydrogens (tertiary/aromatic N) is 1. The van der Waals surface area contributed by atoms with Crippen molar-refractivity contribution in [2.24, 2.45) is 0 Å². The van der Waals surface area contributed by atoms with Gasteiger partial charge in [0.1, 0.15) is 0 Å². The Morgan fingerprint density at radius 3 is 2.55 bits per heavy atom. The molecule has 116 valence electrons. The first-order valence-corrected chi connectivity index (χ1v) is 9.62. The molecule has 1 heterocycles. The highest BCUT2D eigenvalue weighted by Crippen LogP contribution is 2.19. The molecular formula is C12H21NO5S2. The van der Waals surface area contributed by atoms with Gasteiger partial charge in [0.05, 0.1) is 23.0 Å². The normalized spacial score (nSPS) is 20.8. The minimum absolute atomic E-state index is 0.0338. The van der Waals surface area contributed by atoms with E-state index in [1.165, 1.54) is 0 Å². The van der Waals surface area contributed by atoms with E-state index in [0.29, 0.717) is 13.0 Å². The number of amides is 1. The van der Waals surface area contributed by atoms with Crippen LogP contribution in [0.25, 0.3) is 0 Å². The third-order valence-electron chi connectivity index (χ3n) is 3.17. The lowest BCUT2D eigenvalue weighted by atomic mass is 10.2. The molecular weight excluding hydrogens is 302 g/mol. The Morgan fingerprint density at radius 1 is 1.35 bits per heavy atom. The zero-order valence-corrected chi connectivity index (χ0v) is 13.2. The summed E-state index contributed by atoms with van der Waals surface area (Å²) in [4.78, 5) is 24.2. The summed E-state index contributed by atoms with van der Waals surface area (Å²) in [6, 6.07) is -0.246. The van der Waals surface area contributed by atoms with Crippen molar-refractivity contribution < 1.29 is 23.1 Å². The van der Waals surface area contributed by atoms with Gasteiger partial charge in [-0.3, -0.25) is 9.59 Å². The molecule has 0 aromatic carbocycles. The van der Waals surface area contributed by atoms with Gasteiger partial charge in [0.15, 0.2) is 9.84 Å². The maximum Gasteiger partial charge on any atom is 0.313 e. The van der Waals surface area contributed by atoms with Crippen molar-refractivity contribution in [3.05, 3.63) is 0 Å². The standard InChI is InChI=1S/C12H21NO5S2/c1-2-3-5-13(10-4-6-20(17,18)9-10)11(14)7-19-8-12(15)16/h10H,2-9H2,1H3,(H,15,16). The van der Waals surface area contributed by atoms with Crippen molar-refractivity contribution in [3.8, 4) is 0 Å². The van der Waals surface area contributed by atoms with Crippen LogP contribution in [0.15, 0.2) is 0 Å². The minimum Gasteiger partial charge on any atom is -0.481 e. The Bertz CT molecular complexity index is 449.